The SMILES string of the molecule is Cc1cc(C=O)c(O)c(-c2nc3ccccc3s2)c1. The summed E-state index contributed by atoms with van der Waals surface area (Å²) in [7, 11) is 0. The third-order valence-electron chi connectivity index (χ3n) is 2.93. The van der Waals surface area contributed by atoms with Crippen LogP contribution in [0.5, 0.6) is 5.75 Å². The number of phenolic OH excluding ortho intramolecular Hbond substituents is 1. The standard InChI is InChI=1S/C15H11NO2S/c1-9-6-10(8-17)14(18)11(7-9)15-16-12-4-2-3-5-13(12)19-15/h2-8,18H,1H3. The number of para-hydroxylation sites is 1. The van der Waals surface area contributed by atoms with Crippen molar-refractivity contribution >= 4 is 27.8 Å². The van der Waals surface area contributed by atoms with Crippen molar-refractivity contribution in [3.8, 4) is 16.3 Å². The van der Waals surface area contributed by atoms with Crippen LogP contribution < -0.4 is 0 Å². The normalized spacial score (nSPS) is 10.8. The molecule has 0 amide bonds. The first kappa shape index (κ1) is 11.9. The van der Waals surface area contributed by atoms with Gasteiger partial charge in [0.25, 0.3) is 0 Å². The van der Waals surface area contributed by atoms with Crippen LogP contribution in [0.25, 0.3) is 20.8 Å². The van der Waals surface area contributed by atoms with Crippen LogP contribution in [0.4, 0.5) is 0 Å². The fourth-order valence-corrected chi connectivity index (χ4v) is 3.03. The molecule has 0 fully saturated rings. The predicted molar refractivity (Wildman–Crippen MR) is 76.8 cm³/mol. The van der Waals surface area contributed by atoms with E-state index in [1.54, 1.807) is 6.07 Å². The number of nitrogens with zero attached hydrogens (tertiary/aromatic N) is 1. The van der Waals surface area contributed by atoms with Gasteiger partial charge < -0.3 is 5.11 Å². The maximum Gasteiger partial charge on any atom is 0.153 e. The fraction of sp³-hybridized carbons (Fsp3) is 0.0667. The zero-order chi connectivity index (χ0) is 13.4. The third-order valence-corrected chi connectivity index (χ3v) is 4.00. The Labute approximate surface area is 114 Å². The second-order valence-electron chi connectivity index (χ2n) is 4.35. The molecule has 2 aromatic carbocycles. The Kier molecular flexibility index (Phi) is 2.80. The lowest BCUT2D eigenvalue weighted by atomic mass is 10.1. The van der Waals surface area contributed by atoms with Crippen molar-refractivity contribution in [1.29, 1.82) is 0 Å². The number of benzene rings is 2. The largest absolute Gasteiger partial charge is 0.506 e. The van der Waals surface area contributed by atoms with E-state index in [2.05, 4.69) is 4.98 Å². The molecule has 0 aliphatic heterocycles. The molecule has 0 atom stereocenters. The lowest BCUT2D eigenvalue weighted by molar-refractivity contribution is 0.112. The highest BCUT2D eigenvalue weighted by atomic mass is 32.1. The highest BCUT2D eigenvalue weighted by molar-refractivity contribution is 7.21. The van der Waals surface area contributed by atoms with Gasteiger partial charge in [0.2, 0.25) is 0 Å². The van der Waals surface area contributed by atoms with Crippen molar-refractivity contribution in [1.82, 2.24) is 4.98 Å². The molecule has 1 aromatic heterocycles. The monoisotopic (exact) mass is 269 g/mol. The van der Waals surface area contributed by atoms with Crippen molar-refractivity contribution in [3.05, 3.63) is 47.5 Å². The van der Waals surface area contributed by atoms with E-state index in [-0.39, 0.29) is 5.75 Å². The molecule has 19 heavy (non-hydrogen) atoms. The summed E-state index contributed by atoms with van der Waals surface area (Å²) in [6, 6.07) is 11.3. The van der Waals surface area contributed by atoms with E-state index in [0.717, 1.165) is 20.8 Å². The smallest absolute Gasteiger partial charge is 0.153 e. The molecule has 0 radical (unpaired) electrons. The molecule has 94 valence electrons. The van der Waals surface area contributed by atoms with Crippen LogP contribution in [0.3, 0.4) is 0 Å². The van der Waals surface area contributed by atoms with Crippen LogP contribution in [0.1, 0.15) is 15.9 Å². The topological polar surface area (TPSA) is 50.2 Å². The van der Waals surface area contributed by atoms with Gasteiger partial charge in [-0.15, -0.1) is 11.3 Å². The Morgan fingerprint density at radius 2 is 2.05 bits per heavy atom. The average molecular weight is 269 g/mol. The highest BCUT2D eigenvalue weighted by Crippen LogP contribution is 2.37. The van der Waals surface area contributed by atoms with Gasteiger partial charge in [-0.2, -0.15) is 0 Å². The van der Waals surface area contributed by atoms with Crippen LogP contribution in [-0.2, 0) is 0 Å². The summed E-state index contributed by atoms with van der Waals surface area (Å²) in [5.41, 5.74) is 2.74. The zero-order valence-electron chi connectivity index (χ0n) is 10.3. The van der Waals surface area contributed by atoms with Crippen molar-refractivity contribution in [2.75, 3.05) is 0 Å². The number of phenols is 1. The number of fused-ring (bicyclic) bond motifs is 1. The Morgan fingerprint density at radius 3 is 2.79 bits per heavy atom. The molecule has 0 bridgehead atoms. The van der Waals surface area contributed by atoms with Gasteiger partial charge in [0.1, 0.15) is 10.8 Å². The summed E-state index contributed by atoms with van der Waals surface area (Å²) in [5.74, 6) is -0.000318. The summed E-state index contributed by atoms with van der Waals surface area (Å²) >= 11 is 1.51. The van der Waals surface area contributed by atoms with E-state index >= 15 is 0 Å². The zero-order valence-corrected chi connectivity index (χ0v) is 11.1. The predicted octanol–water partition coefficient (Wildman–Crippen LogP) is 3.79. The summed E-state index contributed by atoms with van der Waals surface area (Å²) in [4.78, 5) is 15.5. The molecular weight excluding hydrogens is 258 g/mol. The Bertz CT molecular complexity index is 744. The Hall–Kier alpha value is -2.20. The van der Waals surface area contributed by atoms with Crippen LogP contribution in [0.2, 0.25) is 0 Å². The van der Waals surface area contributed by atoms with Gasteiger partial charge in [0.05, 0.1) is 21.3 Å². The molecule has 3 rings (SSSR count). The third kappa shape index (κ3) is 2.00. The summed E-state index contributed by atoms with van der Waals surface area (Å²) in [5, 5.41) is 10.9. The number of hydrogen-bond acceptors (Lipinski definition) is 4. The molecule has 3 nitrogen and oxygen atoms in total. The minimum Gasteiger partial charge on any atom is -0.506 e. The second-order valence-corrected chi connectivity index (χ2v) is 5.39. The van der Waals surface area contributed by atoms with E-state index in [0.29, 0.717) is 17.4 Å². The van der Waals surface area contributed by atoms with Crippen molar-refractivity contribution < 1.29 is 9.90 Å². The van der Waals surface area contributed by atoms with Gasteiger partial charge in [0.15, 0.2) is 6.29 Å². The minimum absolute atomic E-state index is 0.000318. The van der Waals surface area contributed by atoms with E-state index in [1.807, 2.05) is 37.3 Å². The second kappa shape index (κ2) is 4.48. The van der Waals surface area contributed by atoms with Crippen molar-refractivity contribution in [3.63, 3.8) is 0 Å². The molecule has 0 saturated heterocycles. The lowest BCUT2D eigenvalue weighted by Crippen LogP contribution is -1.88. The number of aromatic hydroxyl groups is 1. The van der Waals surface area contributed by atoms with Gasteiger partial charge >= 0.3 is 0 Å². The number of rotatable bonds is 2. The van der Waals surface area contributed by atoms with Crippen molar-refractivity contribution in [2.45, 2.75) is 6.92 Å². The number of hydrogen-bond donors (Lipinski definition) is 1. The number of carbonyl (C=O) groups is 1. The van der Waals surface area contributed by atoms with Gasteiger partial charge in [-0.25, -0.2) is 4.98 Å². The fourth-order valence-electron chi connectivity index (χ4n) is 2.05. The van der Waals surface area contributed by atoms with Gasteiger partial charge in [0, 0.05) is 0 Å². The molecule has 0 unspecified atom stereocenters. The van der Waals surface area contributed by atoms with E-state index in [4.69, 9.17) is 0 Å². The first-order valence-electron chi connectivity index (χ1n) is 5.84. The molecule has 0 saturated carbocycles. The molecular formula is C15H11NO2S. The van der Waals surface area contributed by atoms with Gasteiger partial charge in [-0.05, 0) is 36.8 Å². The Balaban J connectivity index is 2.26. The number of aryl methyl sites for hydroxylation is 1. The number of thiazole rings is 1. The number of aromatic nitrogens is 1. The summed E-state index contributed by atoms with van der Waals surface area (Å²) < 4.78 is 1.06. The maximum atomic E-state index is 11.0. The lowest BCUT2D eigenvalue weighted by Gasteiger charge is -2.05. The first-order chi connectivity index (χ1) is 9.19. The van der Waals surface area contributed by atoms with Gasteiger partial charge in [-0.3, -0.25) is 4.79 Å². The van der Waals surface area contributed by atoms with Gasteiger partial charge in [-0.1, -0.05) is 12.1 Å². The van der Waals surface area contributed by atoms with Crippen LogP contribution in [0, 0.1) is 6.92 Å². The summed E-state index contributed by atoms with van der Waals surface area (Å²) in [6.45, 7) is 1.89. The molecule has 1 heterocycles. The summed E-state index contributed by atoms with van der Waals surface area (Å²) in [6.07, 6.45) is 0.666. The highest BCUT2D eigenvalue weighted by Gasteiger charge is 2.14. The van der Waals surface area contributed by atoms with Crippen LogP contribution in [-0.4, -0.2) is 16.4 Å². The molecule has 0 spiro atoms. The minimum atomic E-state index is -0.000318. The number of carbonyl (C=O) groups excluding carboxylic acids is 1. The average Bonchev–Trinajstić information content (AvgIpc) is 2.84. The first-order valence-corrected chi connectivity index (χ1v) is 6.65. The molecule has 0 aliphatic rings. The Morgan fingerprint density at radius 1 is 1.26 bits per heavy atom. The van der Waals surface area contributed by atoms with Crippen molar-refractivity contribution in [2.24, 2.45) is 0 Å². The van der Waals surface area contributed by atoms with Crippen LogP contribution >= 0.6 is 11.3 Å². The molecule has 1 N–H and O–H groups in total. The number of aldehydes is 1. The van der Waals surface area contributed by atoms with E-state index < -0.39 is 0 Å². The molecule has 3 aromatic rings. The van der Waals surface area contributed by atoms with E-state index in [1.165, 1.54) is 11.3 Å². The molecule has 4 heteroatoms. The van der Waals surface area contributed by atoms with Crippen LogP contribution in [0.15, 0.2) is 36.4 Å². The molecule has 0 aliphatic carbocycles. The quantitative estimate of drug-likeness (QED) is 0.720. The maximum absolute atomic E-state index is 11.0. The van der Waals surface area contributed by atoms with E-state index in [9.17, 15) is 9.90 Å².